The van der Waals surface area contributed by atoms with Crippen molar-refractivity contribution < 1.29 is 13.5 Å². The summed E-state index contributed by atoms with van der Waals surface area (Å²) < 4.78 is 28.6. The van der Waals surface area contributed by atoms with Crippen LogP contribution in [0.25, 0.3) is 0 Å². The molecule has 0 fully saturated rings. The number of thiocarbonyl (C=S) groups is 1. The molecule has 6 heteroatoms. The first kappa shape index (κ1) is 15.7. The number of hydrogen-bond donors (Lipinski definition) is 1. The molecule has 23 heavy (non-hydrogen) atoms. The van der Waals surface area contributed by atoms with Crippen molar-refractivity contribution in [2.45, 2.75) is 26.0 Å². The van der Waals surface area contributed by atoms with Crippen LogP contribution in [0.5, 0.6) is 5.75 Å². The van der Waals surface area contributed by atoms with Gasteiger partial charge in [0.2, 0.25) is 0 Å². The predicted molar refractivity (Wildman–Crippen MR) is 91.4 cm³/mol. The third-order valence-electron chi connectivity index (χ3n) is 3.76. The van der Waals surface area contributed by atoms with Crippen LogP contribution in [0.3, 0.4) is 0 Å². The number of alkyl halides is 2. The molecule has 3 rings (SSSR count). The van der Waals surface area contributed by atoms with E-state index in [1.807, 2.05) is 18.2 Å². The molecule has 2 aromatic rings. The normalized spacial score (nSPS) is 16.3. The average Bonchev–Trinajstić information content (AvgIpc) is 2.84. The molecule has 0 saturated carbocycles. The summed E-state index contributed by atoms with van der Waals surface area (Å²) >= 11 is 5.52. The molecule has 120 valence electrons. The van der Waals surface area contributed by atoms with Gasteiger partial charge in [0.15, 0.2) is 5.11 Å². The van der Waals surface area contributed by atoms with Gasteiger partial charge in [0.25, 0.3) is 0 Å². The second-order valence-corrected chi connectivity index (χ2v) is 5.77. The van der Waals surface area contributed by atoms with E-state index < -0.39 is 6.61 Å². The van der Waals surface area contributed by atoms with Gasteiger partial charge in [-0.1, -0.05) is 18.2 Å². The Kier molecular flexibility index (Phi) is 4.43. The van der Waals surface area contributed by atoms with Gasteiger partial charge >= 0.3 is 6.61 Å². The molecule has 3 nitrogen and oxygen atoms in total. The summed E-state index contributed by atoms with van der Waals surface area (Å²) in [6.07, 6.45) is 0.944. The van der Waals surface area contributed by atoms with E-state index in [1.165, 1.54) is 17.7 Å². The Balaban J connectivity index is 1.72. The van der Waals surface area contributed by atoms with Crippen molar-refractivity contribution in [3.63, 3.8) is 0 Å². The van der Waals surface area contributed by atoms with E-state index in [0.29, 0.717) is 5.11 Å². The number of rotatable bonds is 3. The minimum Gasteiger partial charge on any atom is -0.435 e. The number of hydrogen-bond acceptors (Lipinski definition) is 2. The van der Waals surface area contributed by atoms with Gasteiger partial charge in [-0.2, -0.15) is 8.78 Å². The SMILES string of the molecule is CC1Cc2ccccc2N1C(=S)Nc1ccc(OC(F)F)cc1. The number of fused-ring (bicyclic) bond motifs is 1. The molecule has 0 aromatic heterocycles. The smallest absolute Gasteiger partial charge is 0.387 e. The van der Waals surface area contributed by atoms with Crippen molar-refractivity contribution in [1.82, 2.24) is 0 Å². The maximum atomic E-state index is 12.2. The highest BCUT2D eigenvalue weighted by atomic mass is 32.1. The standard InChI is InChI=1S/C17H16F2N2OS/c1-11-10-12-4-2-3-5-15(12)21(11)17(23)20-13-6-8-14(9-7-13)22-16(18)19/h2-9,11,16H,10H2,1H3,(H,20,23). The predicted octanol–water partition coefficient (Wildman–Crippen LogP) is 4.44. The minimum absolute atomic E-state index is 0.122. The summed E-state index contributed by atoms with van der Waals surface area (Å²) in [6, 6.07) is 14.7. The van der Waals surface area contributed by atoms with Crippen molar-refractivity contribution in [2.75, 3.05) is 10.2 Å². The molecule has 1 atom stereocenters. The number of halogens is 2. The molecule has 1 N–H and O–H groups in total. The fourth-order valence-corrected chi connectivity index (χ4v) is 3.17. The lowest BCUT2D eigenvalue weighted by Gasteiger charge is -2.26. The highest BCUT2D eigenvalue weighted by molar-refractivity contribution is 7.80. The zero-order valence-corrected chi connectivity index (χ0v) is 13.3. The van der Waals surface area contributed by atoms with Crippen LogP contribution in [0.2, 0.25) is 0 Å². The van der Waals surface area contributed by atoms with E-state index >= 15 is 0 Å². The fourth-order valence-electron chi connectivity index (χ4n) is 2.78. The second kappa shape index (κ2) is 6.50. The molecule has 1 heterocycles. The summed E-state index contributed by atoms with van der Waals surface area (Å²) in [5.74, 6) is 0.122. The van der Waals surface area contributed by atoms with Gasteiger partial charge < -0.3 is 15.0 Å². The lowest BCUT2D eigenvalue weighted by Crippen LogP contribution is -2.38. The summed E-state index contributed by atoms with van der Waals surface area (Å²) in [7, 11) is 0. The Morgan fingerprint density at radius 1 is 1.22 bits per heavy atom. The van der Waals surface area contributed by atoms with Crippen molar-refractivity contribution in [2.24, 2.45) is 0 Å². The van der Waals surface area contributed by atoms with Crippen LogP contribution in [0.15, 0.2) is 48.5 Å². The maximum absolute atomic E-state index is 12.2. The lowest BCUT2D eigenvalue weighted by atomic mass is 10.1. The largest absolute Gasteiger partial charge is 0.435 e. The summed E-state index contributed by atoms with van der Waals surface area (Å²) in [6.45, 7) is -0.704. The summed E-state index contributed by atoms with van der Waals surface area (Å²) in [5.41, 5.74) is 3.10. The van der Waals surface area contributed by atoms with Gasteiger partial charge in [0, 0.05) is 17.4 Å². The Hall–Kier alpha value is -2.21. The lowest BCUT2D eigenvalue weighted by molar-refractivity contribution is -0.0498. The highest BCUT2D eigenvalue weighted by Gasteiger charge is 2.28. The zero-order valence-electron chi connectivity index (χ0n) is 12.5. The van der Waals surface area contributed by atoms with Crippen LogP contribution in [0.4, 0.5) is 20.2 Å². The molecule has 1 aliphatic rings. The maximum Gasteiger partial charge on any atom is 0.387 e. The Labute approximate surface area is 138 Å². The zero-order chi connectivity index (χ0) is 16.4. The van der Waals surface area contributed by atoms with Gasteiger partial charge in [-0.25, -0.2) is 0 Å². The van der Waals surface area contributed by atoms with Gasteiger partial charge in [0.05, 0.1) is 0 Å². The van der Waals surface area contributed by atoms with E-state index in [-0.39, 0.29) is 11.8 Å². The summed E-state index contributed by atoms with van der Waals surface area (Å²) in [5, 5.41) is 3.74. The average molecular weight is 334 g/mol. The van der Waals surface area contributed by atoms with Crippen LogP contribution < -0.4 is 15.0 Å². The molecule has 2 aromatic carbocycles. The number of nitrogens with one attached hydrogen (secondary N) is 1. The minimum atomic E-state index is -2.82. The van der Waals surface area contributed by atoms with Crippen molar-refractivity contribution >= 4 is 28.7 Å². The highest BCUT2D eigenvalue weighted by Crippen LogP contribution is 2.32. The molecule has 0 bridgehead atoms. The number of nitrogens with zero attached hydrogens (tertiary/aromatic N) is 1. The van der Waals surface area contributed by atoms with E-state index in [4.69, 9.17) is 12.2 Å². The molecule has 0 radical (unpaired) electrons. The number of benzene rings is 2. The Morgan fingerprint density at radius 3 is 2.61 bits per heavy atom. The third-order valence-corrected chi connectivity index (χ3v) is 4.06. The van der Waals surface area contributed by atoms with Crippen LogP contribution in [0.1, 0.15) is 12.5 Å². The van der Waals surface area contributed by atoms with Gasteiger partial charge in [-0.3, -0.25) is 0 Å². The van der Waals surface area contributed by atoms with E-state index in [9.17, 15) is 8.78 Å². The first-order valence-corrected chi connectivity index (χ1v) is 7.68. The number of ether oxygens (including phenoxy) is 1. The van der Waals surface area contributed by atoms with Gasteiger partial charge in [-0.15, -0.1) is 0 Å². The molecular weight excluding hydrogens is 318 g/mol. The van der Waals surface area contributed by atoms with Gasteiger partial charge in [0.1, 0.15) is 5.75 Å². The summed E-state index contributed by atoms with van der Waals surface area (Å²) in [4.78, 5) is 2.08. The first-order chi connectivity index (χ1) is 11.0. The number of para-hydroxylation sites is 1. The van der Waals surface area contributed by atoms with Crippen LogP contribution in [0, 0.1) is 0 Å². The molecular formula is C17H16F2N2OS. The first-order valence-electron chi connectivity index (χ1n) is 7.27. The molecule has 0 amide bonds. The topological polar surface area (TPSA) is 24.5 Å². The number of anilines is 2. The van der Waals surface area contributed by atoms with Crippen LogP contribution in [-0.2, 0) is 6.42 Å². The van der Waals surface area contributed by atoms with Crippen molar-refractivity contribution in [3.05, 3.63) is 54.1 Å². The molecule has 0 saturated heterocycles. The van der Waals surface area contributed by atoms with E-state index in [2.05, 4.69) is 27.9 Å². The Bertz CT molecular complexity index is 706. The molecule has 1 aliphatic heterocycles. The molecule has 1 unspecified atom stereocenters. The molecule has 0 spiro atoms. The van der Waals surface area contributed by atoms with Crippen molar-refractivity contribution in [3.8, 4) is 5.75 Å². The van der Waals surface area contributed by atoms with E-state index in [1.54, 1.807) is 12.1 Å². The van der Waals surface area contributed by atoms with Crippen LogP contribution in [-0.4, -0.2) is 17.8 Å². The monoisotopic (exact) mass is 334 g/mol. The quantitative estimate of drug-likeness (QED) is 0.839. The van der Waals surface area contributed by atoms with Crippen LogP contribution >= 0.6 is 12.2 Å². The van der Waals surface area contributed by atoms with Crippen molar-refractivity contribution in [1.29, 1.82) is 0 Å². The molecule has 0 aliphatic carbocycles. The second-order valence-electron chi connectivity index (χ2n) is 5.38. The van der Waals surface area contributed by atoms with E-state index in [0.717, 1.165) is 17.8 Å². The Morgan fingerprint density at radius 2 is 1.91 bits per heavy atom. The third kappa shape index (κ3) is 3.42. The van der Waals surface area contributed by atoms with Gasteiger partial charge in [-0.05, 0) is 61.5 Å². The fraction of sp³-hybridized carbons (Fsp3) is 0.235.